The number of halogens is 1. The van der Waals surface area contributed by atoms with Crippen LogP contribution < -0.4 is 25.3 Å². The van der Waals surface area contributed by atoms with Gasteiger partial charge >= 0.3 is 0 Å². The van der Waals surface area contributed by atoms with E-state index in [1.807, 2.05) is 24.3 Å². The summed E-state index contributed by atoms with van der Waals surface area (Å²) in [6.45, 7) is 0.0819. The van der Waals surface area contributed by atoms with E-state index in [1.165, 1.54) is 0 Å². The number of nitrogens with zero attached hydrogens (tertiary/aromatic N) is 1. The zero-order valence-corrected chi connectivity index (χ0v) is 17.3. The third kappa shape index (κ3) is 5.95. The molecule has 2 aromatic carbocycles. The molecule has 7 nitrogen and oxygen atoms in total. The maximum atomic E-state index is 10.4. The fourth-order valence-corrected chi connectivity index (χ4v) is 2.24. The number of nitrogens with one attached hydrogen (secondary N) is 1. The van der Waals surface area contributed by atoms with Gasteiger partial charge in [0, 0.05) is 11.3 Å². The first kappa shape index (κ1) is 21.8. The summed E-state index contributed by atoms with van der Waals surface area (Å²) in [6, 6.07) is 12.5. The first-order valence-corrected chi connectivity index (χ1v) is 7.68. The Morgan fingerprint density at radius 1 is 1.04 bits per heavy atom. The minimum absolute atomic E-state index is 0. The molecule has 0 aromatic heterocycles. The van der Waals surface area contributed by atoms with Crippen LogP contribution in [-0.2, 0) is 0 Å². The van der Waals surface area contributed by atoms with Crippen molar-refractivity contribution in [1.29, 1.82) is 0 Å². The Morgan fingerprint density at radius 3 is 2.23 bits per heavy atom. The van der Waals surface area contributed by atoms with Crippen LogP contribution in [0.2, 0.25) is 0 Å². The SMILES string of the molecule is COc1ccc(NC(N)=NCC(O)c2cc(OC)ccc2OC)cc1.I. The van der Waals surface area contributed by atoms with Crippen LogP contribution in [0.25, 0.3) is 0 Å². The summed E-state index contributed by atoms with van der Waals surface area (Å²) in [4.78, 5) is 4.17. The maximum absolute atomic E-state index is 10.4. The van der Waals surface area contributed by atoms with Gasteiger partial charge in [-0.05, 0) is 42.5 Å². The van der Waals surface area contributed by atoms with Gasteiger partial charge in [-0.3, -0.25) is 4.99 Å². The number of hydrogen-bond acceptors (Lipinski definition) is 5. The molecule has 2 aromatic rings. The molecule has 1 atom stereocenters. The molecule has 8 heteroatoms. The van der Waals surface area contributed by atoms with Gasteiger partial charge in [-0.2, -0.15) is 0 Å². The lowest BCUT2D eigenvalue weighted by Crippen LogP contribution is -2.23. The van der Waals surface area contributed by atoms with Gasteiger partial charge in [-0.15, -0.1) is 24.0 Å². The summed E-state index contributed by atoms with van der Waals surface area (Å²) < 4.78 is 15.5. The quantitative estimate of drug-likeness (QED) is 0.325. The predicted octanol–water partition coefficient (Wildman–Crippen LogP) is 2.79. The zero-order chi connectivity index (χ0) is 18.2. The average Bonchev–Trinajstić information content (AvgIpc) is 2.66. The van der Waals surface area contributed by atoms with Gasteiger partial charge < -0.3 is 30.4 Å². The van der Waals surface area contributed by atoms with E-state index in [2.05, 4.69) is 10.3 Å². The average molecular weight is 473 g/mol. The normalized spacial score (nSPS) is 11.9. The highest BCUT2D eigenvalue weighted by Crippen LogP contribution is 2.29. The Bertz CT molecular complexity index is 723. The molecule has 4 N–H and O–H groups in total. The molecule has 0 saturated heterocycles. The Balaban J connectivity index is 0.00000338. The monoisotopic (exact) mass is 473 g/mol. The molecule has 0 aliphatic carbocycles. The minimum Gasteiger partial charge on any atom is -0.497 e. The van der Waals surface area contributed by atoms with Crippen molar-refractivity contribution in [3.63, 3.8) is 0 Å². The summed E-state index contributed by atoms with van der Waals surface area (Å²) in [5.41, 5.74) is 7.23. The number of guanidine groups is 1. The van der Waals surface area contributed by atoms with Crippen LogP contribution in [0.3, 0.4) is 0 Å². The first-order chi connectivity index (χ1) is 12.1. The van der Waals surface area contributed by atoms with Crippen molar-refractivity contribution in [3.05, 3.63) is 48.0 Å². The molecule has 0 amide bonds. The molecule has 26 heavy (non-hydrogen) atoms. The van der Waals surface area contributed by atoms with E-state index in [0.29, 0.717) is 17.1 Å². The molecule has 0 spiro atoms. The molecule has 0 saturated carbocycles. The lowest BCUT2D eigenvalue weighted by atomic mass is 10.1. The lowest BCUT2D eigenvalue weighted by molar-refractivity contribution is 0.182. The number of aliphatic hydroxyl groups is 1. The molecule has 0 aliphatic heterocycles. The molecule has 0 fully saturated rings. The smallest absolute Gasteiger partial charge is 0.193 e. The third-order valence-corrected chi connectivity index (χ3v) is 3.59. The predicted molar refractivity (Wildman–Crippen MR) is 113 cm³/mol. The Kier molecular flexibility index (Phi) is 9.00. The second-order valence-electron chi connectivity index (χ2n) is 5.20. The summed E-state index contributed by atoms with van der Waals surface area (Å²) in [6.07, 6.45) is -0.874. The number of hydrogen-bond donors (Lipinski definition) is 3. The molecule has 0 radical (unpaired) electrons. The second-order valence-corrected chi connectivity index (χ2v) is 5.20. The van der Waals surface area contributed by atoms with Crippen molar-refractivity contribution in [1.82, 2.24) is 0 Å². The van der Waals surface area contributed by atoms with Crippen LogP contribution in [0.1, 0.15) is 11.7 Å². The number of rotatable bonds is 7. The van der Waals surface area contributed by atoms with Gasteiger partial charge in [-0.25, -0.2) is 0 Å². The fraction of sp³-hybridized carbons (Fsp3) is 0.278. The second kappa shape index (κ2) is 10.7. The minimum atomic E-state index is -0.874. The van der Waals surface area contributed by atoms with E-state index in [-0.39, 0.29) is 36.5 Å². The molecular weight excluding hydrogens is 449 g/mol. The standard InChI is InChI=1S/C18H23N3O4.HI/c1-23-13-6-4-12(5-7-13)21-18(19)20-11-16(22)15-10-14(24-2)8-9-17(15)25-3;/h4-10,16,22H,11H2,1-3H3,(H3,19,20,21);1H. The van der Waals surface area contributed by atoms with Crippen molar-refractivity contribution < 1.29 is 19.3 Å². The fourth-order valence-electron chi connectivity index (χ4n) is 2.24. The topological polar surface area (TPSA) is 98.3 Å². The van der Waals surface area contributed by atoms with Gasteiger partial charge in [0.1, 0.15) is 23.4 Å². The summed E-state index contributed by atoms with van der Waals surface area (Å²) >= 11 is 0. The van der Waals surface area contributed by atoms with Crippen molar-refractivity contribution in [2.75, 3.05) is 33.2 Å². The van der Waals surface area contributed by atoms with E-state index in [4.69, 9.17) is 19.9 Å². The highest BCUT2D eigenvalue weighted by atomic mass is 127. The number of anilines is 1. The number of aliphatic imine (C=N–C) groups is 1. The van der Waals surface area contributed by atoms with Crippen LogP contribution in [0, 0.1) is 0 Å². The van der Waals surface area contributed by atoms with Crippen molar-refractivity contribution in [3.8, 4) is 17.2 Å². The van der Waals surface area contributed by atoms with Crippen molar-refractivity contribution in [2.24, 2.45) is 10.7 Å². The molecular formula is C18H24IN3O4. The highest BCUT2D eigenvalue weighted by Gasteiger charge is 2.14. The van der Waals surface area contributed by atoms with Gasteiger partial charge in [0.25, 0.3) is 0 Å². The van der Waals surface area contributed by atoms with Crippen LogP contribution in [0.15, 0.2) is 47.5 Å². The molecule has 1 unspecified atom stereocenters. The maximum Gasteiger partial charge on any atom is 0.193 e. The highest BCUT2D eigenvalue weighted by molar-refractivity contribution is 14.0. The number of methoxy groups -OCH3 is 3. The summed E-state index contributed by atoms with van der Waals surface area (Å²) in [5, 5.41) is 13.3. The number of benzene rings is 2. The van der Waals surface area contributed by atoms with Crippen LogP contribution in [0.4, 0.5) is 5.69 Å². The molecule has 0 heterocycles. The molecule has 2 rings (SSSR count). The van der Waals surface area contributed by atoms with E-state index in [9.17, 15) is 5.11 Å². The molecule has 0 aliphatic rings. The van der Waals surface area contributed by atoms with Crippen LogP contribution in [0.5, 0.6) is 17.2 Å². The zero-order valence-electron chi connectivity index (χ0n) is 14.9. The largest absolute Gasteiger partial charge is 0.497 e. The number of aliphatic hydroxyl groups excluding tert-OH is 1. The Morgan fingerprint density at radius 2 is 1.65 bits per heavy atom. The van der Waals surface area contributed by atoms with E-state index < -0.39 is 6.10 Å². The van der Waals surface area contributed by atoms with Gasteiger partial charge in [0.2, 0.25) is 0 Å². The summed E-state index contributed by atoms with van der Waals surface area (Å²) in [7, 11) is 4.71. The van der Waals surface area contributed by atoms with E-state index >= 15 is 0 Å². The molecule has 142 valence electrons. The van der Waals surface area contributed by atoms with Crippen LogP contribution >= 0.6 is 24.0 Å². The Hall–Kier alpha value is -2.20. The van der Waals surface area contributed by atoms with Gasteiger partial charge in [-0.1, -0.05) is 0 Å². The third-order valence-electron chi connectivity index (χ3n) is 3.59. The number of nitrogens with two attached hydrogens (primary N) is 1. The van der Waals surface area contributed by atoms with Crippen LogP contribution in [-0.4, -0.2) is 38.9 Å². The molecule has 0 bridgehead atoms. The van der Waals surface area contributed by atoms with Gasteiger partial charge in [0.05, 0.1) is 27.9 Å². The lowest BCUT2D eigenvalue weighted by Gasteiger charge is -2.15. The summed E-state index contributed by atoms with van der Waals surface area (Å²) in [5.74, 6) is 2.14. The first-order valence-electron chi connectivity index (χ1n) is 7.68. The number of ether oxygens (including phenoxy) is 3. The van der Waals surface area contributed by atoms with Crippen molar-refractivity contribution >= 4 is 35.6 Å². The Labute approximate surface area is 170 Å². The van der Waals surface area contributed by atoms with Crippen molar-refractivity contribution in [2.45, 2.75) is 6.10 Å². The van der Waals surface area contributed by atoms with E-state index in [1.54, 1.807) is 39.5 Å². The van der Waals surface area contributed by atoms with Gasteiger partial charge in [0.15, 0.2) is 5.96 Å². The van der Waals surface area contributed by atoms with E-state index in [0.717, 1.165) is 11.4 Å².